The Morgan fingerprint density at radius 2 is 2.05 bits per heavy atom. The van der Waals surface area contributed by atoms with E-state index in [9.17, 15) is 0 Å². The molecule has 4 nitrogen and oxygen atoms in total. The van der Waals surface area contributed by atoms with Crippen molar-refractivity contribution in [3.05, 3.63) is 47.6 Å². The van der Waals surface area contributed by atoms with Gasteiger partial charge in [-0.15, -0.1) is 12.4 Å². The van der Waals surface area contributed by atoms with Gasteiger partial charge in [-0.2, -0.15) is 4.98 Å². The summed E-state index contributed by atoms with van der Waals surface area (Å²) in [5, 5.41) is 7.37. The van der Waals surface area contributed by atoms with Crippen LogP contribution in [0.3, 0.4) is 0 Å². The summed E-state index contributed by atoms with van der Waals surface area (Å²) < 4.78 is 5.34. The Balaban J connectivity index is 0.00000133. The Hall–Kier alpha value is -1.39. The van der Waals surface area contributed by atoms with E-state index >= 15 is 0 Å². The number of hydrogen-bond acceptors (Lipinski definition) is 4. The zero-order chi connectivity index (χ0) is 12.2. The van der Waals surface area contributed by atoms with Gasteiger partial charge in [-0.3, -0.25) is 0 Å². The first-order chi connectivity index (χ1) is 8.92. The fraction of sp³-hybridized carbons (Fsp3) is 0.429. The molecule has 1 saturated heterocycles. The predicted octanol–water partition coefficient (Wildman–Crippen LogP) is 2.35. The van der Waals surface area contributed by atoms with Crippen LogP contribution in [0, 0.1) is 0 Å². The average molecular weight is 280 g/mol. The molecule has 1 aliphatic rings. The standard InChI is InChI=1S/C14H17N3O.ClH/c1-2-4-11(5-3-1)6-7-13-16-14(18-17-13)12-8-9-15-10-12;/h1-5,12,15H,6-10H2;1H. The van der Waals surface area contributed by atoms with Crippen LogP contribution in [0.4, 0.5) is 0 Å². The van der Waals surface area contributed by atoms with Crippen LogP contribution in [0.15, 0.2) is 34.9 Å². The molecule has 0 spiro atoms. The van der Waals surface area contributed by atoms with Crippen LogP contribution in [0.1, 0.15) is 29.6 Å². The normalized spacial score (nSPS) is 18.2. The minimum absolute atomic E-state index is 0. The highest BCUT2D eigenvalue weighted by molar-refractivity contribution is 5.85. The van der Waals surface area contributed by atoms with Crippen molar-refractivity contribution in [3.8, 4) is 0 Å². The third-order valence-electron chi connectivity index (χ3n) is 3.37. The number of aryl methyl sites for hydroxylation is 2. The fourth-order valence-electron chi connectivity index (χ4n) is 2.30. The lowest BCUT2D eigenvalue weighted by Gasteiger charge is -1.99. The zero-order valence-electron chi connectivity index (χ0n) is 10.7. The molecule has 19 heavy (non-hydrogen) atoms. The molecule has 0 saturated carbocycles. The Morgan fingerprint density at radius 1 is 1.21 bits per heavy atom. The number of rotatable bonds is 4. The molecule has 2 heterocycles. The summed E-state index contributed by atoms with van der Waals surface area (Å²) in [4.78, 5) is 4.49. The second kappa shape index (κ2) is 6.68. The van der Waals surface area contributed by atoms with Crippen molar-refractivity contribution in [2.24, 2.45) is 0 Å². The zero-order valence-corrected chi connectivity index (χ0v) is 11.5. The minimum atomic E-state index is 0. The molecule has 0 bridgehead atoms. The van der Waals surface area contributed by atoms with Gasteiger partial charge in [0.1, 0.15) is 0 Å². The third kappa shape index (κ3) is 3.55. The monoisotopic (exact) mass is 279 g/mol. The average Bonchev–Trinajstić information content (AvgIpc) is 3.08. The number of nitrogens with zero attached hydrogens (tertiary/aromatic N) is 2. The van der Waals surface area contributed by atoms with Crippen molar-refractivity contribution in [2.75, 3.05) is 13.1 Å². The van der Waals surface area contributed by atoms with Crippen molar-refractivity contribution in [3.63, 3.8) is 0 Å². The topological polar surface area (TPSA) is 51.0 Å². The van der Waals surface area contributed by atoms with Gasteiger partial charge in [-0.1, -0.05) is 35.5 Å². The van der Waals surface area contributed by atoms with Gasteiger partial charge >= 0.3 is 0 Å². The summed E-state index contributed by atoms with van der Waals surface area (Å²) in [7, 11) is 0. The highest BCUT2D eigenvalue weighted by Gasteiger charge is 2.22. The van der Waals surface area contributed by atoms with Gasteiger partial charge < -0.3 is 9.84 Å². The lowest BCUT2D eigenvalue weighted by molar-refractivity contribution is 0.354. The minimum Gasteiger partial charge on any atom is -0.339 e. The summed E-state index contributed by atoms with van der Waals surface area (Å²) >= 11 is 0. The SMILES string of the molecule is Cl.c1ccc(CCc2noc(C3CCNC3)n2)cc1. The Morgan fingerprint density at radius 3 is 2.79 bits per heavy atom. The largest absolute Gasteiger partial charge is 0.339 e. The van der Waals surface area contributed by atoms with Gasteiger partial charge in [0.05, 0.1) is 5.92 Å². The number of hydrogen-bond donors (Lipinski definition) is 1. The van der Waals surface area contributed by atoms with Crippen LogP contribution in [-0.4, -0.2) is 23.2 Å². The number of nitrogens with one attached hydrogen (secondary N) is 1. The van der Waals surface area contributed by atoms with Crippen molar-refractivity contribution in [1.29, 1.82) is 0 Å². The van der Waals surface area contributed by atoms with Gasteiger partial charge in [0.2, 0.25) is 5.89 Å². The van der Waals surface area contributed by atoms with Crippen LogP contribution in [0.25, 0.3) is 0 Å². The molecule has 0 aliphatic carbocycles. The molecule has 5 heteroatoms. The molecule has 0 radical (unpaired) electrons. The molecule has 0 amide bonds. The lowest BCUT2D eigenvalue weighted by Crippen LogP contribution is -2.08. The Labute approximate surface area is 119 Å². The van der Waals surface area contributed by atoms with Gasteiger partial charge in [0.15, 0.2) is 5.82 Å². The molecule has 102 valence electrons. The molecular weight excluding hydrogens is 262 g/mol. The Bertz CT molecular complexity index is 494. The molecule has 1 N–H and O–H groups in total. The van der Waals surface area contributed by atoms with Crippen molar-refractivity contribution < 1.29 is 4.52 Å². The third-order valence-corrected chi connectivity index (χ3v) is 3.37. The van der Waals surface area contributed by atoms with Crippen LogP contribution in [0.2, 0.25) is 0 Å². The fourth-order valence-corrected chi connectivity index (χ4v) is 2.30. The molecule has 1 unspecified atom stereocenters. The summed E-state index contributed by atoms with van der Waals surface area (Å²) in [6.07, 6.45) is 2.90. The van der Waals surface area contributed by atoms with E-state index in [1.54, 1.807) is 0 Å². The van der Waals surface area contributed by atoms with E-state index in [1.165, 1.54) is 5.56 Å². The summed E-state index contributed by atoms with van der Waals surface area (Å²) in [5.74, 6) is 2.02. The van der Waals surface area contributed by atoms with E-state index in [0.717, 1.165) is 44.1 Å². The quantitative estimate of drug-likeness (QED) is 0.933. The number of halogens is 1. The van der Waals surface area contributed by atoms with Gasteiger partial charge in [0, 0.05) is 13.0 Å². The molecule has 3 rings (SSSR count). The van der Waals surface area contributed by atoms with Crippen molar-refractivity contribution in [2.45, 2.75) is 25.2 Å². The maximum absolute atomic E-state index is 5.34. The first kappa shape index (κ1) is 14.0. The second-order valence-electron chi connectivity index (χ2n) is 4.72. The smallest absolute Gasteiger partial charge is 0.231 e. The maximum Gasteiger partial charge on any atom is 0.231 e. The summed E-state index contributed by atoms with van der Waals surface area (Å²) in [6.45, 7) is 2.01. The summed E-state index contributed by atoms with van der Waals surface area (Å²) in [5.41, 5.74) is 1.31. The van der Waals surface area contributed by atoms with Crippen LogP contribution in [0.5, 0.6) is 0 Å². The highest BCUT2D eigenvalue weighted by Crippen LogP contribution is 2.20. The van der Waals surface area contributed by atoms with Crippen LogP contribution in [-0.2, 0) is 12.8 Å². The van der Waals surface area contributed by atoms with E-state index in [-0.39, 0.29) is 12.4 Å². The van der Waals surface area contributed by atoms with E-state index in [0.29, 0.717) is 5.92 Å². The molecule has 1 fully saturated rings. The first-order valence-corrected chi connectivity index (χ1v) is 6.49. The van der Waals surface area contributed by atoms with E-state index in [4.69, 9.17) is 4.52 Å². The van der Waals surface area contributed by atoms with E-state index in [1.807, 2.05) is 6.07 Å². The highest BCUT2D eigenvalue weighted by atomic mass is 35.5. The molecule has 1 aromatic carbocycles. The van der Waals surface area contributed by atoms with Crippen LogP contribution < -0.4 is 5.32 Å². The maximum atomic E-state index is 5.34. The molecule has 2 aromatic rings. The van der Waals surface area contributed by atoms with E-state index < -0.39 is 0 Å². The van der Waals surface area contributed by atoms with Gasteiger partial charge in [0.25, 0.3) is 0 Å². The molecule has 1 aromatic heterocycles. The molecular formula is C14H18ClN3O. The number of aromatic nitrogens is 2. The Kier molecular flexibility index (Phi) is 4.93. The van der Waals surface area contributed by atoms with E-state index in [2.05, 4.69) is 39.7 Å². The predicted molar refractivity (Wildman–Crippen MR) is 75.6 cm³/mol. The summed E-state index contributed by atoms with van der Waals surface area (Å²) in [6, 6.07) is 10.4. The molecule has 1 atom stereocenters. The number of benzene rings is 1. The van der Waals surface area contributed by atoms with Crippen LogP contribution >= 0.6 is 12.4 Å². The lowest BCUT2D eigenvalue weighted by atomic mass is 10.1. The van der Waals surface area contributed by atoms with Crippen molar-refractivity contribution >= 4 is 12.4 Å². The van der Waals surface area contributed by atoms with Gasteiger partial charge in [-0.25, -0.2) is 0 Å². The first-order valence-electron chi connectivity index (χ1n) is 6.49. The van der Waals surface area contributed by atoms with Gasteiger partial charge in [-0.05, 0) is 24.9 Å². The second-order valence-corrected chi connectivity index (χ2v) is 4.72. The molecule has 1 aliphatic heterocycles. The van der Waals surface area contributed by atoms with Crippen molar-refractivity contribution in [1.82, 2.24) is 15.5 Å².